The average Bonchev–Trinajstić information content (AvgIpc) is 2.33. The summed E-state index contributed by atoms with van der Waals surface area (Å²) in [6.07, 6.45) is 2.84. The summed E-state index contributed by atoms with van der Waals surface area (Å²) in [4.78, 5) is 10.8. The van der Waals surface area contributed by atoms with Gasteiger partial charge in [-0.3, -0.25) is 0 Å². The van der Waals surface area contributed by atoms with Crippen molar-refractivity contribution in [3.05, 3.63) is 0 Å². The largest absolute Gasteiger partial charge is 0.453 e. The third-order valence-corrected chi connectivity index (χ3v) is 2.08. The Labute approximate surface area is 72.7 Å². The van der Waals surface area contributed by atoms with Crippen LogP contribution in [-0.2, 0) is 4.74 Å². The van der Waals surface area contributed by atoms with Gasteiger partial charge in [0.15, 0.2) is 0 Å². The molecule has 70 valence electrons. The number of amides is 1. The molecule has 0 spiro atoms. The highest BCUT2D eigenvalue weighted by molar-refractivity contribution is 5.67. The highest BCUT2D eigenvalue weighted by Crippen LogP contribution is 2.04. The molecule has 0 saturated carbocycles. The minimum atomic E-state index is -0.318. The molecule has 1 heterocycles. The van der Waals surface area contributed by atoms with Crippen LogP contribution < -0.4 is 10.6 Å². The highest BCUT2D eigenvalue weighted by Gasteiger charge is 2.13. The molecule has 0 aromatic heterocycles. The van der Waals surface area contributed by atoms with Crippen molar-refractivity contribution < 1.29 is 9.53 Å². The second-order valence-corrected chi connectivity index (χ2v) is 3.01. The summed E-state index contributed by atoms with van der Waals surface area (Å²) in [5.74, 6) is 0. The van der Waals surface area contributed by atoms with Gasteiger partial charge < -0.3 is 15.4 Å². The van der Waals surface area contributed by atoms with Crippen LogP contribution in [0.4, 0.5) is 4.79 Å². The number of rotatable bonds is 1. The van der Waals surface area contributed by atoms with Gasteiger partial charge >= 0.3 is 6.09 Å². The van der Waals surface area contributed by atoms with Crippen molar-refractivity contribution in [1.82, 2.24) is 10.6 Å². The number of carbonyl (C=O) groups excluding carboxylic acids is 1. The fourth-order valence-electron chi connectivity index (χ4n) is 1.39. The molecular weight excluding hydrogens is 156 g/mol. The summed E-state index contributed by atoms with van der Waals surface area (Å²) >= 11 is 0. The second kappa shape index (κ2) is 4.98. The fourth-order valence-corrected chi connectivity index (χ4v) is 1.39. The molecular formula is C8H16N2O2. The lowest BCUT2D eigenvalue weighted by atomic mass is 10.1. The molecule has 1 amide bonds. The van der Waals surface area contributed by atoms with Gasteiger partial charge in [0.1, 0.15) is 0 Å². The van der Waals surface area contributed by atoms with E-state index >= 15 is 0 Å². The predicted octanol–water partition coefficient (Wildman–Crippen LogP) is 0.484. The third kappa shape index (κ3) is 3.09. The number of methoxy groups -OCH3 is 1. The van der Waals surface area contributed by atoms with Gasteiger partial charge in [0.2, 0.25) is 0 Å². The fraction of sp³-hybridized carbons (Fsp3) is 0.875. The number of carbonyl (C=O) groups is 1. The second-order valence-electron chi connectivity index (χ2n) is 3.01. The van der Waals surface area contributed by atoms with E-state index in [1.807, 2.05) is 0 Å². The number of hydrogen-bond donors (Lipinski definition) is 2. The average molecular weight is 172 g/mol. The summed E-state index contributed by atoms with van der Waals surface area (Å²) in [6.45, 7) is 2.04. The molecule has 4 heteroatoms. The molecule has 1 atom stereocenters. The molecule has 0 radical (unpaired) electrons. The van der Waals surface area contributed by atoms with Gasteiger partial charge in [-0.15, -0.1) is 0 Å². The molecule has 1 unspecified atom stereocenters. The first-order valence-electron chi connectivity index (χ1n) is 4.38. The van der Waals surface area contributed by atoms with Crippen LogP contribution in [-0.4, -0.2) is 32.3 Å². The minimum Gasteiger partial charge on any atom is -0.453 e. The number of hydrogen-bond acceptors (Lipinski definition) is 3. The van der Waals surface area contributed by atoms with Crippen molar-refractivity contribution in [3.8, 4) is 0 Å². The lowest BCUT2D eigenvalue weighted by molar-refractivity contribution is 0.165. The van der Waals surface area contributed by atoms with Crippen LogP contribution in [0.5, 0.6) is 0 Å². The smallest absolute Gasteiger partial charge is 0.407 e. The van der Waals surface area contributed by atoms with E-state index in [0.717, 1.165) is 32.4 Å². The Kier molecular flexibility index (Phi) is 3.87. The van der Waals surface area contributed by atoms with E-state index in [0.29, 0.717) is 0 Å². The molecule has 0 aromatic rings. The van der Waals surface area contributed by atoms with E-state index in [9.17, 15) is 4.79 Å². The summed E-state index contributed by atoms with van der Waals surface area (Å²) in [5, 5.41) is 6.08. The zero-order valence-electron chi connectivity index (χ0n) is 7.43. The Bertz CT molecular complexity index is 142. The standard InChI is InChI=1S/C8H16N2O2/c1-12-8(11)10-7-3-2-5-9-6-4-7/h7,9H,2-6H2,1H3,(H,10,11). The van der Waals surface area contributed by atoms with E-state index in [1.165, 1.54) is 7.11 Å². The quantitative estimate of drug-likeness (QED) is 0.605. The van der Waals surface area contributed by atoms with Gasteiger partial charge in [0, 0.05) is 6.04 Å². The molecule has 12 heavy (non-hydrogen) atoms. The van der Waals surface area contributed by atoms with E-state index in [4.69, 9.17) is 0 Å². The SMILES string of the molecule is COC(=O)NC1CCCNCC1. The van der Waals surface area contributed by atoms with Crippen molar-refractivity contribution in [2.75, 3.05) is 20.2 Å². The predicted molar refractivity (Wildman–Crippen MR) is 46.0 cm³/mol. The van der Waals surface area contributed by atoms with Crippen LogP contribution in [0.25, 0.3) is 0 Å². The van der Waals surface area contributed by atoms with Crippen LogP contribution in [0.2, 0.25) is 0 Å². The van der Waals surface area contributed by atoms with Gasteiger partial charge in [-0.1, -0.05) is 0 Å². The van der Waals surface area contributed by atoms with Crippen LogP contribution >= 0.6 is 0 Å². The molecule has 4 nitrogen and oxygen atoms in total. The van der Waals surface area contributed by atoms with E-state index in [2.05, 4.69) is 15.4 Å². The lowest BCUT2D eigenvalue weighted by Gasteiger charge is -2.14. The zero-order chi connectivity index (χ0) is 8.81. The summed E-state index contributed by atoms with van der Waals surface area (Å²) in [7, 11) is 1.39. The minimum absolute atomic E-state index is 0.285. The highest BCUT2D eigenvalue weighted by atomic mass is 16.5. The van der Waals surface area contributed by atoms with Crippen LogP contribution in [0.1, 0.15) is 19.3 Å². The lowest BCUT2D eigenvalue weighted by Crippen LogP contribution is -2.35. The molecule has 1 fully saturated rings. The third-order valence-electron chi connectivity index (χ3n) is 2.08. The Hall–Kier alpha value is -0.770. The zero-order valence-corrected chi connectivity index (χ0v) is 7.43. The monoisotopic (exact) mass is 172 g/mol. The Morgan fingerprint density at radius 3 is 3.08 bits per heavy atom. The molecule has 0 aromatic carbocycles. The van der Waals surface area contributed by atoms with Crippen LogP contribution in [0, 0.1) is 0 Å². The topological polar surface area (TPSA) is 50.4 Å². The molecule has 1 aliphatic rings. The van der Waals surface area contributed by atoms with Gasteiger partial charge in [-0.05, 0) is 32.4 Å². The first kappa shape index (κ1) is 9.32. The van der Waals surface area contributed by atoms with Crippen molar-refractivity contribution in [2.24, 2.45) is 0 Å². The van der Waals surface area contributed by atoms with Crippen molar-refractivity contribution in [2.45, 2.75) is 25.3 Å². The van der Waals surface area contributed by atoms with Crippen molar-refractivity contribution in [3.63, 3.8) is 0 Å². The maximum atomic E-state index is 10.8. The first-order chi connectivity index (χ1) is 5.83. The maximum Gasteiger partial charge on any atom is 0.407 e. The van der Waals surface area contributed by atoms with Gasteiger partial charge in [0.25, 0.3) is 0 Å². The van der Waals surface area contributed by atoms with Gasteiger partial charge in [0.05, 0.1) is 7.11 Å². The van der Waals surface area contributed by atoms with Crippen LogP contribution in [0.3, 0.4) is 0 Å². The molecule has 1 aliphatic heterocycles. The first-order valence-corrected chi connectivity index (χ1v) is 4.38. The number of alkyl carbamates (subject to hydrolysis) is 1. The van der Waals surface area contributed by atoms with E-state index in [-0.39, 0.29) is 12.1 Å². The van der Waals surface area contributed by atoms with Crippen LogP contribution in [0.15, 0.2) is 0 Å². The Morgan fingerprint density at radius 2 is 2.33 bits per heavy atom. The summed E-state index contributed by atoms with van der Waals surface area (Å²) in [5.41, 5.74) is 0. The molecule has 2 N–H and O–H groups in total. The Morgan fingerprint density at radius 1 is 1.50 bits per heavy atom. The van der Waals surface area contributed by atoms with E-state index in [1.54, 1.807) is 0 Å². The molecule has 1 rings (SSSR count). The normalized spacial score (nSPS) is 24.2. The Balaban J connectivity index is 2.24. The van der Waals surface area contributed by atoms with Gasteiger partial charge in [-0.2, -0.15) is 0 Å². The van der Waals surface area contributed by atoms with E-state index < -0.39 is 0 Å². The molecule has 1 saturated heterocycles. The maximum absolute atomic E-state index is 10.8. The summed E-state index contributed by atoms with van der Waals surface area (Å²) in [6, 6.07) is 0.285. The number of ether oxygens (including phenoxy) is 1. The van der Waals surface area contributed by atoms with Crippen molar-refractivity contribution in [1.29, 1.82) is 0 Å². The van der Waals surface area contributed by atoms with Crippen molar-refractivity contribution >= 4 is 6.09 Å². The number of nitrogens with one attached hydrogen (secondary N) is 2. The molecule has 0 aliphatic carbocycles. The molecule has 0 bridgehead atoms. The summed E-state index contributed by atoms with van der Waals surface area (Å²) < 4.78 is 4.52. The van der Waals surface area contributed by atoms with Gasteiger partial charge in [-0.25, -0.2) is 4.79 Å².